The highest BCUT2D eigenvalue weighted by atomic mass is 16.1. The Morgan fingerprint density at radius 1 is 0.885 bits per heavy atom. The fourth-order valence-corrected chi connectivity index (χ4v) is 3.17. The van der Waals surface area contributed by atoms with Gasteiger partial charge in [-0.2, -0.15) is 0 Å². The van der Waals surface area contributed by atoms with Crippen LogP contribution in [0.2, 0.25) is 0 Å². The number of hydrogen-bond donors (Lipinski definition) is 2. The van der Waals surface area contributed by atoms with Crippen molar-refractivity contribution in [3.8, 4) is 0 Å². The van der Waals surface area contributed by atoms with Gasteiger partial charge in [-0.1, -0.05) is 36.4 Å². The molecular weight excluding hydrogens is 324 g/mol. The maximum Gasteiger partial charge on any atom is 0.255 e. The molecule has 0 radical (unpaired) electrons. The number of rotatable bonds is 2. The summed E-state index contributed by atoms with van der Waals surface area (Å²) in [6.07, 6.45) is 0. The van der Waals surface area contributed by atoms with Gasteiger partial charge in [0.2, 0.25) is 0 Å². The zero-order valence-electron chi connectivity index (χ0n) is 14.6. The van der Waals surface area contributed by atoms with Crippen molar-refractivity contribution in [2.75, 3.05) is 5.32 Å². The minimum Gasteiger partial charge on any atom is -0.322 e. The number of H-pyrrole nitrogens is 1. The Balaban J connectivity index is 1.68. The molecule has 0 unspecified atom stereocenters. The SMILES string of the molecule is Cc1c(C)c2ccc(NC(=O)c3ccc4ccccc4c3)cc2[nH]c1=O. The third kappa shape index (κ3) is 2.75. The highest BCUT2D eigenvalue weighted by molar-refractivity contribution is 6.07. The van der Waals surface area contributed by atoms with Crippen LogP contribution in [0, 0.1) is 13.8 Å². The maximum absolute atomic E-state index is 12.6. The largest absolute Gasteiger partial charge is 0.322 e. The van der Waals surface area contributed by atoms with Crippen molar-refractivity contribution < 1.29 is 4.79 Å². The minimum absolute atomic E-state index is 0.104. The van der Waals surface area contributed by atoms with Crippen LogP contribution in [0.25, 0.3) is 21.7 Å². The Bertz CT molecular complexity index is 1220. The van der Waals surface area contributed by atoms with E-state index in [1.165, 1.54) is 0 Å². The van der Waals surface area contributed by atoms with Crippen LogP contribution in [0.3, 0.4) is 0 Å². The van der Waals surface area contributed by atoms with Gasteiger partial charge in [-0.05, 0) is 54.4 Å². The second-order valence-corrected chi connectivity index (χ2v) is 6.48. The molecule has 1 aromatic heterocycles. The monoisotopic (exact) mass is 342 g/mol. The number of anilines is 1. The molecule has 0 aliphatic heterocycles. The molecular formula is C22H18N2O2. The molecule has 0 aliphatic rings. The Kier molecular flexibility index (Phi) is 3.81. The second-order valence-electron chi connectivity index (χ2n) is 6.48. The number of hydrogen-bond acceptors (Lipinski definition) is 2. The van der Waals surface area contributed by atoms with E-state index < -0.39 is 0 Å². The summed E-state index contributed by atoms with van der Waals surface area (Å²) in [6, 6.07) is 19.1. The van der Waals surface area contributed by atoms with Crippen molar-refractivity contribution in [3.05, 3.63) is 87.7 Å². The van der Waals surface area contributed by atoms with Crippen molar-refractivity contribution >= 4 is 33.3 Å². The van der Waals surface area contributed by atoms with E-state index >= 15 is 0 Å². The van der Waals surface area contributed by atoms with Crippen LogP contribution >= 0.6 is 0 Å². The predicted molar refractivity (Wildman–Crippen MR) is 106 cm³/mol. The van der Waals surface area contributed by atoms with Crippen LogP contribution in [0.5, 0.6) is 0 Å². The van der Waals surface area contributed by atoms with Gasteiger partial charge >= 0.3 is 0 Å². The van der Waals surface area contributed by atoms with E-state index in [0.29, 0.717) is 16.8 Å². The van der Waals surface area contributed by atoms with Gasteiger partial charge in [-0.3, -0.25) is 9.59 Å². The summed E-state index contributed by atoms with van der Waals surface area (Å²) in [5, 5.41) is 6.00. The molecule has 4 aromatic rings. The van der Waals surface area contributed by atoms with Gasteiger partial charge in [0.15, 0.2) is 0 Å². The van der Waals surface area contributed by atoms with Crippen LogP contribution in [0.15, 0.2) is 65.5 Å². The Hall–Kier alpha value is -3.40. The molecule has 26 heavy (non-hydrogen) atoms. The van der Waals surface area contributed by atoms with E-state index in [-0.39, 0.29) is 11.5 Å². The average molecular weight is 342 g/mol. The maximum atomic E-state index is 12.6. The lowest BCUT2D eigenvalue weighted by Gasteiger charge is -2.09. The fourth-order valence-electron chi connectivity index (χ4n) is 3.17. The lowest BCUT2D eigenvalue weighted by molar-refractivity contribution is 0.102. The van der Waals surface area contributed by atoms with E-state index in [0.717, 1.165) is 27.2 Å². The molecule has 1 amide bonds. The van der Waals surface area contributed by atoms with Gasteiger partial charge in [0.25, 0.3) is 11.5 Å². The van der Waals surface area contributed by atoms with Gasteiger partial charge < -0.3 is 10.3 Å². The van der Waals surface area contributed by atoms with Crippen LogP contribution in [0.1, 0.15) is 21.5 Å². The lowest BCUT2D eigenvalue weighted by atomic mass is 10.0. The summed E-state index contributed by atoms with van der Waals surface area (Å²) in [6.45, 7) is 3.74. The molecule has 0 aliphatic carbocycles. The highest BCUT2D eigenvalue weighted by Gasteiger charge is 2.09. The first-order valence-corrected chi connectivity index (χ1v) is 8.46. The number of aromatic amines is 1. The molecule has 128 valence electrons. The number of nitrogens with one attached hydrogen (secondary N) is 2. The third-order valence-electron chi connectivity index (χ3n) is 4.84. The molecule has 0 saturated carbocycles. The molecule has 0 fully saturated rings. The molecule has 0 spiro atoms. The van der Waals surface area contributed by atoms with Crippen LogP contribution in [-0.2, 0) is 0 Å². The van der Waals surface area contributed by atoms with E-state index in [4.69, 9.17) is 0 Å². The molecule has 0 bridgehead atoms. The normalized spacial score (nSPS) is 11.0. The summed E-state index contributed by atoms with van der Waals surface area (Å²) in [7, 11) is 0. The summed E-state index contributed by atoms with van der Waals surface area (Å²) in [5.74, 6) is -0.179. The smallest absolute Gasteiger partial charge is 0.255 e. The van der Waals surface area contributed by atoms with Crippen LogP contribution < -0.4 is 10.9 Å². The number of pyridine rings is 1. The van der Waals surface area contributed by atoms with Gasteiger partial charge in [-0.25, -0.2) is 0 Å². The van der Waals surface area contributed by atoms with Crippen molar-refractivity contribution in [2.24, 2.45) is 0 Å². The van der Waals surface area contributed by atoms with Gasteiger partial charge in [0.1, 0.15) is 0 Å². The van der Waals surface area contributed by atoms with Gasteiger partial charge in [0.05, 0.1) is 5.52 Å². The summed E-state index contributed by atoms with van der Waals surface area (Å²) < 4.78 is 0. The minimum atomic E-state index is -0.179. The van der Waals surface area contributed by atoms with Crippen LogP contribution in [0.4, 0.5) is 5.69 Å². The number of amides is 1. The molecule has 3 aromatic carbocycles. The third-order valence-corrected chi connectivity index (χ3v) is 4.84. The summed E-state index contributed by atoms with van der Waals surface area (Å²) in [4.78, 5) is 27.5. The zero-order valence-corrected chi connectivity index (χ0v) is 14.6. The van der Waals surface area contributed by atoms with Crippen molar-refractivity contribution in [1.82, 2.24) is 4.98 Å². The first-order chi connectivity index (χ1) is 12.5. The number of benzene rings is 3. The zero-order chi connectivity index (χ0) is 18.3. The molecule has 2 N–H and O–H groups in total. The molecule has 4 heteroatoms. The van der Waals surface area contributed by atoms with Crippen molar-refractivity contribution in [2.45, 2.75) is 13.8 Å². The topological polar surface area (TPSA) is 62.0 Å². The standard InChI is InChI=1S/C22H18N2O2/c1-13-14(2)21(25)24-20-12-18(9-10-19(13)20)23-22(26)17-8-7-15-5-3-4-6-16(15)11-17/h3-12H,1-2H3,(H,23,26)(H,24,25). The van der Waals surface area contributed by atoms with Gasteiger partial charge in [-0.15, -0.1) is 0 Å². The van der Waals surface area contributed by atoms with Gasteiger partial charge in [0, 0.05) is 22.2 Å². The number of aryl methyl sites for hydroxylation is 1. The fraction of sp³-hybridized carbons (Fsp3) is 0.0909. The molecule has 0 atom stereocenters. The van der Waals surface area contributed by atoms with Crippen molar-refractivity contribution in [1.29, 1.82) is 0 Å². The Morgan fingerprint density at radius 3 is 2.46 bits per heavy atom. The summed E-state index contributed by atoms with van der Waals surface area (Å²) in [5.41, 5.74) is 3.52. The van der Waals surface area contributed by atoms with E-state index in [9.17, 15) is 9.59 Å². The van der Waals surface area contributed by atoms with Crippen molar-refractivity contribution in [3.63, 3.8) is 0 Å². The van der Waals surface area contributed by atoms with E-state index in [1.807, 2.05) is 68.4 Å². The summed E-state index contributed by atoms with van der Waals surface area (Å²) >= 11 is 0. The quantitative estimate of drug-likeness (QED) is 0.561. The molecule has 4 rings (SSSR count). The number of carbonyl (C=O) groups excluding carboxylic acids is 1. The predicted octanol–water partition coefficient (Wildman–Crippen LogP) is 4.55. The highest BCUT2D eigenvalue weighted by Crippen LogP contribution is 2.22. The Morgan fingerprint density at radius 2 is 1.65 bits per heavy atom. The first kappa shape index (κ1) is 16.1. The second kappa shape index (κ2) is 6.15. The molecule has 1 heterocycles. The average Bonchev–Trinajstić information content (AvgIpc) is 2.65. The number of aromatic nitrogens is 1. The van der Waals surface area contributed by atoms with Crippen LogP contribution in [-0.4, -0.2) is 10.9 Å². The first-order valence-electron chi connectivity index (χ1n) is 8.46. The van der Waals surface area contributed by atoms with E-state index in [2.05, 4.69) is 10.3 Å². The lowest BCUT2D eigenvalue weighted by Crippen LogP contribution is -2.13. The Labute approximate surface area is 150 Å². The number of fused-ring (bicyclic) bond motifs is 2. The number of carbonyl (C=O) groups is 1. The molecule has 4 nitrogen and oxygen atoms in total. The van der Waals surface area contributed by atoms with E-state index in [1.54, 1.807) is 6.07 Å². The molecule has 0 saturated heterocycles.